The van der Waals surface area contributed by atoms with Crippen LogP contribution in [0.2, 0.25) is 4.34 Å². The number of halogens is 2. The molecule has 14 heavy (non-hydrogen) atoms. The third kappa shape index (κ3) is 5.20. The first kappa shape index (κ1) is 12.3. The highest BCUT2D eigenvalue weighted by atomic mass is 35.7. The smallest absolute Gasteiger partial charge is 0.212 e. The molecule has 0 aliphatic heterocycles. The highest BCUT2D eigenvalue weighted by Crippen LogP contribution is 2.22. The molecule has 0 amide bonds. The maximum Gasteiger partial charge on any atom is 0.232 e. The minimum atomic E-state index is -3.32. The lowest BCUT2D eigenvalue weighted by Crippen LogP contribution is -1.97. The summed E-state index contributed by atoms with van der Waals surface area (Å²) in [4.78, 5) is 1.18. The topological polar surface area (TPSA) is 34.1 Å². The molecule has 6 heteroatoms. The van der Waals surface area contributed by atoms with Crippen LogP contribution in [0.3, 0.4) is 0 Å². The molecule has 0 radical (unpaired) electrons. The molecule has 0 saturated carbocycles. The third-order valence-corrected chi connectivity index (χ3v) is 4.22. The molecule has 0 aliphatic rings. The molecule has 0 atom stereocenters. The summed E-state index contributed by atoms with van der Waals surface area (Å²) in [5.74, 6) is 0.0493. The second kappa shape index (κ2) is 5.35. The van der Waals surface area contributed by atoms with Crippen molar-refractivity contribution < 1.29 is 8.42 Å². The van der Waals surface area contributed by atoms with Crippen LogP contribution >= 0.6 is 33.6 Å². The van der Waals surface area contributed by atoms with Gasteiger partial charge >= 0.3 is 0 Å². The van der Waals surface area contributed by atoms with E-state index in [9.17, 15) is 8.42 Å². The summed E-state index contributed by atoms with van der Waals surface area (Å²) in [5.41, 5.74) is 0. The normalized spacial score (nSPS) is 11.9. The molecule has 0 aromatic carbocycles. The summed E-state index contributed by atoms with van der Waals surface area (Å²) in [7, 11) is 1.75. The second-order valence-electron chi connectivity index (χ2n) is 2.91. The molecule has 0 aliphatic carbocycles. The van der Waals surface area contributed by atoms with Gasteiger partial charge in [-0.1, -0.05) is 11.6 Å². The predicted octanol–water partition coefficient (Wildman–Crippen LogP) is 3.29. The van der Waals surface area contributed by atoms with E-state index in [-0.39, 0.29) is 5.75 Å². The van der Waals surface area contributed by atoms with E-state index in [1.807, 2.05) is 12.1 Å². The molecule has 1 aromatic rings. The standard InChI is InChI=1S/C8H10Cl2O2S2/c9-8-5-4-7(13-8)3-1-2-6-14(10,11)12/h4-5H,1-3,6H2. The van der Waals surface area contributed by atoms with E-state index in [1.54, 1.807) is 0 Å². The minimum Gasteiger partial charge on any atom is -0.212 e. The maximum atomic E-state index is 10.6. The average molecular weight is 273 g/mol. The number of aryl methyl sites for hydroxylation is 1. The molecule has 0 unspecified atom stereocenters. The Morgan fingerprint density at radius 2 is 2.00 bits per heavy atom. The van der Waals surface area contributed by atoms with E-state index in [1.165, 1.54) is 16.2 Å². The summed E-state index contributed by atoms with van der Waals surface area (Å²) in [6, 6.07) is 3.81. The first-order chi connectivity index (χ1) is 6.47. The molecular weight excluding hydrogens is 263 g/mol. The summed E-state index contributed by atoms with van der Waals surface area (Å²) in [5, 5.41) is 0. The van der Waals surface area contributed by atoms with Gasteiger partial charge in [-0.2, -0.15) is 0 Å². The van der Waals surface area contributed by atoms with Crippen molar-refractivity contribution in [1.29, 1.82) is 0 Å². The van der Waals surface area contributed by atoms with Crippen molar-refractivity contribution in [2.24, 2.45) is 0 Å². The molecule has 1 rings (SSSR count). The van der Waals surface area contributed by atoms with Gasteiger partial charge in [-0.25, -0.2) is 8.42 Å². The molecule has 0 N–H and O–H groups in total. The zero-order valence-electron chi connectivity index (χ0n) is 7.37. The Kier molecular flexibility index (Phi) is 4.70. The van der Waals surface area contributed by atoms with Crippen molar-refractivity contribution in [3.8, 4) is 0 Å². The maximum absolute atomic E-state index is 10.6. The van der Waals surface area contributed by atoms with Crippen LogP contribution in [-0.4, -0.2) is 14.2 Å². The van der Waals surface area contributed by atoms with Gasteiger partial charge in [-0.05, 0) is 31.4 Å². The number of thiophene rings is 1. The molecule has 1 aromatic heterocycles. The van der Waals surface area contributed by atoms with Crippen molar-refractivity contribution in [3.05, 3.63) is 21.3 Å². The molecule has 0 bridgehead atoms. The van der Waals surface area contributed by atoms with Crippen LogP contribution in [-0.2, 0) is 15.5 Å². The van der Waals surface area contributed by atoms with Crippen LogP contribution < -0.4 is 0 Å². The zero-order valence-corrected chi connectivity index (χ0v) is 10.5. The SMILES string of the molecule is O=S(=O)(Cl)CCCCc1ccc(Cl)s1. The highest BCUT2D eigenvalue weighted by Gasteiger charge is 2.04. The van der Waals surface area contributed by atoms with Gasteiger partial charge < -0.3 is 0 Å². The van der Waals surface area contributed by atoms with Gasteiger partial charge in [-0.15, -0.1) is 11.3 Å². The summed E-state index contributed by atoms with van der Waals surface area (Å²) in [6.45, 7) is 0. The third-order valence-electron chi connectivity index (χ3n) is 1.69. The molecule has 1 heterocycles. The van der Waals surface area contributed by atoms with Gasteiger partial charge in [0.05, 0.1) is 10.1 Å². The lowest BCUT2D eigenvalue weighted by molar-refractivity contribution is 0.605. The lowest BCUT2D eigenvalue weighted by Gasteiger charge is -1.96. The van der Waals surface area contributed by atoms with Gasteiger partial charge in [0.1, 0.15) is 0 Å². The Morgan fingerprint density at radius 3 is 2.50 bits per heavy atom. The monoisotopic (exact) mass is 272 g/mol. The Balaban J connectivity index is 2.23. The summed E-state index contributed by atoms with van der Waals surface area (Å²) in [6.07, 6.45) is 2.29. The molecule has 0 spiro atoms. The van der Waals surface area contributed by atoms with Crippen LogP contribution in [0.15, 0.2) is 12.1 Å². The Labute approximate surface area is 97.3 Å². The van der Waals surface area contributed by atoms with Gasteiger partial charge in [0.2, 0.25) is 9.05 Å². The van der Waals surface area contributed by atoms with E-state index in [0.717, 1.165) is 17.2 Å². The van der Waals surface area contributed by atoms with E-state index in [2.05, 4.69) is 0 Å². The number of hydrogen-bond donors (Lipinski definition) is 0. The molecule has 0 fully saturated rings. The van der Waals surface area contributed by atoms with E-state index < -0.39 is 9.05 Å². The van der Waals surface area contributed by atoms with Crippen molar-refractivity contribution >= 4 is 42.7 Å². The van der Waals surface area contributed by atoms with Gasteiger partial charge in [0.15, 0.2) is 0 Å². The highest BCUT2D eigenvalue weighted by molar-refractivity contribution is 8.13. The van der Waals surface area contributed by atoms with Crippen molar-refractivity contribution in [2.75, 3.05) is 5.75 Å². The Hall–Kier alpha value is 0.230. The molecular formula is C8H10Cl2O2S2. The summed E-state index contributed by atoms with van der Waals surface area (Å²) < 4.78 is 22.0. The van der Waals surface area contributed by atoms with Crippen LogP contribution in [0.4, 0.5) is 0 Å². The number of rotatable bonds is 5. The van der Waals surface area contributed by atoms with Crippen LogP contribution in [0, 0.1) is 0 Å². The first-order valence-electron chi connectivity index (χ1n) is 4.14. The molecule has 80 valence electrons. The first-order valence-corrected chi connectivity index (χ1v) is 7.81. The quantitative estimate of drug-likeness (QED) is 0.609. The van der Waals surface area contributed by atoms with Crippen molar-refractivity contribution in [1.82, 2.24) is 0 Å². The fourth-order valence-electron chi connectivity index (χ4n) is 1.06. The lowest BCUT2D eigenvalue weighted by atomic mass is 10.2. The van der Waals surface area contributed by atoms with Crippen molar-refractivity contribution in [3.63, 3.8) is 0 Å². The van der Waals surface area contributed by atoms with Crippen LogP contribution in [0.5, 0.6) is 0 Å². The van der Waals surface area contributed by atoms with E-state index in [4.69, 9.17) is 22.3 Å². The zero-order chi connectivity index (χ0) is 10.6. The van der Waals surface area contributed by atoms with Crippen LogP contribution in [0.1, 0.15) is 17.7 Å². The average Bonchev–Trinajstić information content (AvgIpc) is 2.44. The Morgan fingerprint density at radius 1 is 1.29 bits per heavy atom. The summed E-state index contributed by atoms with van der Waals surface area (Å²) >= 11 is 7.28. The van der Waals surface area contributed by atoms with Gasteiger partial charge in [0.25, 0.3) is 0 Å². The Bertz CT molecular complexity index is 384. The number of hydrogen-bond acceptors (Lipinski definition) is 3. The predicted molar refractivity (Wildman–Crippen MR) is 61.9 cm³/mol. The molecule has 0 saturated heterocycles. The fourth-order valence-corrected chi connectivity index (χ4v) is 3.07. The minimum absolute atomic E-state index is 0.0493. The van der Waals surface area contributed by atoms with Gasteiger partial charge in [0, 0.05) is 15.6 Å². The largest absolute Gasteiger partial charge is 0.232 e. The molecule has 2 nitrogen and oxygen atoms in total. The van der Waals surface area contributed by atoms with E-state index >= 15 is 0 Å². The number of unbranched alkanes of at least 4 members (excludes halogenated alkanes) is 1. The van der Waals surface area contributed by atoms with Crippen LogP contribution in [0.25, 0.3) is 0 Å². The van der Waals surface area contributed by atoms with Crippen molar-refractivity contribution in [2.45, 2.75) is 19.3 Å². The second-order valence-corrected chi connectivity index (χ2v) is 7.60. The fraction of sp³-hybridized carbons (Fsp3) is 0.500. The van der Waals surface area contributed by atoms with E-state index in [0.29, 0.717) is 6.42 Å². The van der Waals surface area contributed by atoms with Gasteiger partial charge in [-0.3, -0.25) is 0 Å².